The van der Waals surface area contributed by atoms with Crippen LogP contribution in [-0.4, -0.2) is 6.54 Å². The molecule has 0 radical (unpaired) electrons. The van der Waals surface area contributed by atoms with E-state index in [0.717, 1.165) is 13.0 Å². The molecule has 0 saturated heterocycles. The number of hydrogen-bond acceptors (Lipinski definition) is 1. The zero-order valence-corrected chi connectivity index (χ0v) is 10.4. The van der Waals surface area contributed by atoms with Gasteiger partial charge in [0.1, 0.15) is 0 Å². The normalized spacial score (nSPS) is 13.1. The molecule has 0 unspecified atom stereocenters. The topological polar surface area (TPSA) is 12.0 Å². The van der Waals surface area contributed by atoms with Gasteiger partial charge in [0, 0.05) is 6.04 Å². The highest BCUT2D eigenvalue weighted by Crippen LogP contribution is 2.17. The smallest absolute Gasteiger partial charge is 0.0317 e. The lowest BCUT2D eigenvalue weighted by molar-refractivity contribution is 0.465. The summed E-state index contributed by atoms with van der Waals surface area (Å²) in [5.41, 5.74) is 2.74. The van der Waals surface area contributed by atoms with Crippen molar-refractivity contribution >= 4 is 0 Å². The Morgan fingerprint density at radius 3 is 2.20 bits per heavy atom. The number of hydrogen-bond donors (Lipinski definition) is 1. The van der Waals surface area contributed by atoms with E-state index in [1.165, 1.54) is 11.1 Å². The van der Waals surface area contributed by atoms with Gasteiger partial charge in [0.15, 0.2) is 0 Å². The van der Waals surface area contributed by atoms with E-state index < -0.39 is 0 Å². The van der Waals surface area contributed by atoms with Crippen LogP contribution in [0.3, 0.4) is 0 Å². The van der Waals surface area contributed by atoms with E-state index in [1.54, 1.807) is 0 Å². The molecule has 0 heterocycles. The molecule has 1 N–H and O–H groups in total. The van der Waals surface area contributed by atoms with Crippen LogP contribution < -0.4 is 5.32 Å². The Balaban J connectivity index is 2.61. The fourth-order valence-electron chi connectivity index (χ4n) is 1.67. The van der Waals surface area contributed by atoms with Gasteiger partial charge in [-0.2, -0.15) is 0 Å². The molecule has 1 rings (SSSR count). The van der Waals surface area contributed by atoms with Crippen molar-refractivity contribution in [3.63, 3.8) is 0 Å². The van der Waals surface area contributed by atoms with Gasteiger partial charge in [-0.15, -0.1) is 0 Å². The summed E-state index contributed by atoms with van der Waals surface area (Å²) in [5, 5.41) is 3.60. The molecule has 15 heavy (non-hydrogen) atoms. The number of benzene rings is 1. The summed E-state index contributed by atoms with van der Waals surface area (Å²) >= 11 is 0. The Hall–Kier alpha value is -0.820. The molecule has 1 nitrogen and oxygen atoms in total. The zero-order chi connectivity index (χ0) is 11.3. The Morgan fingerprint density at radius 2 is 1.73 bits per heavy atom. The quantitative estimate of drug-likeness (QED) is 0.773. The van der Waals surface area contributed by atoms with Crippen molar-refractivity contribution in [2.24, 2.45) is 5.92 Å². The Bertz CT molecular complexity index is 274. The second-order valence-corrected chi connectivity index (χ2v) is 4.67. The van der Waals surface area contributed by atoms with Gasteiger partial charge in [-0.3, -0.25) is 0 Å². The third-order valence-corrected chi connectivity index (χ3v) is 2.66. The first-order valence-corrected chi connectivity index (χ1v) is 5.93. The SMILES string of the molecule is CC[C@@H](NCC(C)C)c1ccc(C)cc1. The Kier molecular flexibility index (Phi) is 4.83. The second kappa shape index (κ2) is 5.92. The first-order chi connectivity index (χ1) is 7.13. The molecule has 1 atom stereocenters. The zero-order valence-electron chi connectivity index (χ0n) is 10.4. The molecule has 0 amide bonds. The second-order valence-electron chi connectivity index (χ2n) is 4.67. The van der Waals surface area contributed by atoms with Gasteiger partial charge in [0.25, 0.3) is 0 Å². The minimum absolute atomic E-state index is 0.507. The van der Waals surface area contributed by atoms with E-state index in [2.05, 4.69) is 57.3 Å². The highest BCUT2D eigenvalue weighted by molar-refractivity contribution is 5.23. The predicted molar refractivity (Wildman–Crippen MR) is 67.1 cm³/mol. The first kappa shape index (κ1) is 12.3. The van der Waals surface area contributed by atoms with Crippen LogP contribution in [0.25, 0.3) is 0 Å². The largest absolute Gasteiger partial charge is 0.310 e. The molecule has 0 spiro atoms. The lowest BCUT2D eigenvalue weighted by Crippen LogP contribution is -2.24. The van der Waals surface area contributed by atoms with Gasteiger partial charge in [-0.25, -0.2) is 0 Å². The van der Waals surface area contributed by atoms with E-state index in [9.17, 15) is 0 Å². The maximum Gasteiger partial charge on any atom is 0.0317 e. The Morgan fingerprint density at radius 1 is 1.13 bits per heavy atom. The molecule has 84 valence electrons. The number of nitrogens with one attached hydrogen (secondary N) is 1. The summed E-state index contributed by atoms with van der Waals surface area (Å²) in [6.07, 6.45) is 1.15. The summed E-state index contributed by atoms with van der Waals surface area (Å²) in [5.74, 6) is 0.712. The van der Waals surface area contributed by atoms with Crippen LogP contribution in [-0.2, 0) is 0 Å². The van der Waals surface area contributed by atoms with Crippen LogP contribution in [0.5, 0.6) is 0 Å². The maximum absolute atomic E-state index is 3.60. The molecular formula is C14H23N. The summed E-state index contributed by atoms with van der Waals surface area (Å²) in [7, 11) is 0. The molecule has 0 aliphatic rings. The van der Waals surface area contributed by atoms with Crippen molar-refractivity contribution in [2.45, 2.75) is 40.2 Å². The summed E-state index contributed by atoms with van der Waals surface area (Å²) in [6, 6.07) is 9.35. The number of rotatable bonds is 5. The van der Waals surface area contributed by atoms with Gasteiger partial charge < -0.3 is 5.32 Å². The third kappa shape index (κ3) is 4.05. The lowest BCUT2D eigenvalue weighted by Gasteiger charge is -2.19. The van der Waals surface area contributed by atoms with E-state index >= 15 is 0 Å². The van der Waals surface area contributed by atoms with Crippen molar-refractivity contribution in [2.75, 3.05) is 6.54 Å². The molecule has 0 fully saturated rings. The van der Waals surface area contributed by atoms with Crippen LogP contribution in [0.4, 0.5) is 0 Å². The molecule has 1 aromatic carbocycles. The van der Waals surface area contributed by atoms with Crippen molar-refractivity contribution in [1.82, 2.24) is 5.32 Å². The van der Waals surface area contributed by atoms with Crippen LogP contribution in [0.1, 0.15) is 44.4 Å². The molecule has 0 saturated carbocycles. The maximum atomic E-state index is 3.60. The fraction of sp³-hybridized carbons (Fsp3) is 0.571. The van der Waals surface area contributed by atoms with Gasteiger partial charge in [-0.05, 0) is 31.4 Å². The van der Waals surface area contributed by atoms with E-state index in [4.69, 9.17) is 0 Å². The van der Waals surface area contributed by atoms with Crippen LogP contribution >= 0.6 is 0 Å². The minimum atomic E-state index is 0.507. The van der Waals surface area contributed by atoms with E-state index in [-0.39, 0.29) is 0 Å². The first-order valence-electron chi connectivity index (χ1n) is 5.93. The minimum Gasteiger partial charge on any atom is -0.310 e. The molecule has 1 aromatic rings. The molecular weight excluding hydrogens is 182 g/mol. The van der Waals surface area contributed by atoms with Crippen molar-refractivity contribution in [3.8, 4) is 0 Å². The predicted octanol–water partition coefficient (Wildman–Crippen LogP) is 3.69. The monoisotopic (exact) mass is 205 g/mol. The van der Waals surface area contributed by atoms with Gasteiger partial charge in [-0.1, -0.05) is 50.6 Å². The van der Waals surface area contributed by atoms with Crippen molar-refractivity contribution < 1.29 is 0 Å². The highest BCUT2D eigenvalue weighted by atomic mass is 14.9. The molecule has 1 heteroatoms. The van der Waals surface area contributed by atoms with E-state index in [0.29, 0.717) is 12.0 Å². The summed E-state index contributed by atoms with van der Waals surface area (Å²) < 4.78 is 0. The van der Waals surface area contributed by atoms with E-state index in [1.807, 2.05) is 0 Å². The lowest BCUT2D eigenvalue weighted by atomic mass is 10.0. The molecule has 0 aromatic heterocycles. The van der Waals surface area contributed by atoms with Gasteiger partial charge in [0.05, 0.1) is 0 Å². The summed E-state index contributed by atoms with van der Waals surface area (Å²) in [4.78, 5) is 0. The average Bonchev–Trinajstić information content (AvgIpc) is 2.21. The fourth-order valence-corrected chi connectivity index (χ4v) is 1.67. The van der Waals surface area contributed by atoms with Crippen LogP contribution in [0.2, 0.25) is 0 Å². The standard InChI is InChI=1S/C14H23N/c1-5-14(15-10-11(2)3)13-8-6-12(4)7-9-13/h6-9,11,14-15H,5,10H2,1-4H3/t14-/m1/s1. The van der Waals surface area contributed by atoms with Crippen LogP contribution in [0, 0.1) is 12.8 Å². The average molecular weight is 205 g/mol. The van der Waals surface area contributed by atoms with Crippen molar-refractivity contribution in [3.05, 3.63) is 35.4 Å². The molecule has 0 bridgehead atoms. The van der Waals surface area contributed by atoms with Crippen LogP contribution in [0.15, 0.2) is 24.3 Å². The van der Waals surface area contributed by atoms with Crippen molar-refractivity contribution in [1.29, 1.82) is 0 Å². The molecule has 0 aliphatic carbocycles. The third-order valence-electron chi connectivity index (χ3n) is 2.66. The summed E-state index contributed by atoms with van der Waals surface area (Å²) in [6.45, 7) is 9.94. The van der Waals surface area contributed by atoms with Gasteiger partial charge >= 0.3 is 0 Å². The Labute approximate surface area is 93.9 Å². The highest BCUT2D eigenvalue weighted by Gasteiger charge is 2.08. The molecule has 0 aliphatic heterocycles. The number of aryl methyl sites for hydroxylation is 1. The van der Waals surface area contributed by atoms with Gasteiger partial charge in [0.2, 0.25) is 0 Å².